The Hall–Kier alpha value is -3.01. The van der Waals surface area contributed by atoms with E-state index in [1.54, 1.807) is 12.1 Å². The van der Waals surface area contributed by atoms with Crippen LogP contribution >= 0.6 is 0 Å². The van der Waals surface area contributed by atoms with Gasteiger partial charge in [-0.3, -0.25) is 0 Å². The maximum absolute atomic E-state index is 13.6. The first-order valence-electron chi connectivity index (χ1n) is 9.81. The fourth-order valence-electron chi connectivity index (χ4n) is 4.74. The predicted octanol–water partition coefficient (Wildman–Crippen LogP) is 7.20. The molecular formula is C25H20F3N. The summed E-state index contributed by atoms with van der Waals surface area (Å²) in [5, 5.41) is 3.44. The third-order valence-corrected chi connectivity index (χ3v) is 6.07. The van der Waals surface area contributed by atoms with Crippen LogP contribution in [0.25, 0.3) is 11.1 Å². The van der Waals surface area contributed by atoms with E-state index in [0.717, 1.165) is 28.8 Å². The van der Waals surface area contributed by atoms with Crippen molar-refractivity contribution in [2.24, 2.45) is 5.92 Å². The Balaban J connectivity index is 1.59. The number of fused-ring (bicyclic) bond motifs is 3. The molecule has 0 fully saturated rings. The smallest absolute Gasteiger partial charge is 0.378 e. The second-order valence-corrected chi connectivity index (χ2v) is 7.73. The van der Waals surface area contributed by atoms with Gasteiger partial charge in [0, 0.05) is 11.6 Å². The number of allylic oxidation sites excluding steroid dienone is 2. The van der Waals surface area contributed by atoms with Crippen LogP contribution in [-0.2, 0) is 6.18 Å². The van der Waals surface area contributed by atoms with Crippen LogP contribution in [0, 0.1) is 5.92 Å². The van der Waals surface area contributed by atoms with Crippen LogP contribution in [0.15, 0.2) is 84.9 Å². The van der Waals surface area contributed by atoms with Crippen LogP contribution in [0.2, 0.25) is 0 Å². The number of halogens is 3. The fraction of sp³-hybridized carbons (Fsp3) is 0.200. The molecule has 0 unspecified atom stereocenters. The Morgan fingerprint density at radius 3 is 2.34 bits per heavy atom. The highest BCUT2D eigenvalue weighted by atomic mass is 19.4. The third-order valence-electron chi connectivity index (χ3n) is 6.07. The standard InChI is InChI=1S/C25H20F3N/c26-25(27,28)22-12-5-4-9-20(22)24-19-11-6-10-18(19)21-15-17(13-14-23(21)29-24)16-7-2-1-3-8-16/h1-10,12-15,18-19,24,29H,11H2/t18-,19+,24+/m0/s1. The molecule has 0 bridgehead atoms. The molecule has 3 atom stereocenters. The van der Waals surface area contributed by atoms with Gasteiger partial charge in [0.1, 0.15) is 0 Å². The molecule has 0 radical (unpaired) electrons. The van der Waals surface area contributed by atoms with E-state index in [-0.39, 0.29) is 17.9 Å². The van der Waals surface area contributed by atoms with Gasteiger partial charge in [-0.25, -0.2) is 0 Å². The summed E-state index contributed by atoms with van der Waals surface area (Å²) < 4.78 is 40.9. The number of benzene rings is 3. The lowest BCUT2D eigenvalue weighted by Crippen LogP contribution is -2.30. The van der Waals surface area contributed by atoms with Gasteiger partial charge in [0.15, 0.2) is 0 Å². The van der Waals surface area contributed by atoms with Crippen LogP contribution in [-0.4, -0.2) is 0 Å². The van der Waals surface area contributed by atoms with E-state index in [1.807, 2.05) is 30.3 Å². The number of hydrogen-bond acceptors (Lipinski definition) is 1. The lowest BCUT2D eigenvalue weighted by atomic mass is 9.75. The molecular weight excluding hydrogens is 371 g/mol. The first kappa shape index (κ1) is 18.0. The zero-order valence-corrected chi connectivity index (χ0v) is 15.7. The van der Waals surface area contributed by atoms with Crippen molar-refractivity contribution >= 4 is 5.69 Å². The topological polar surface area (TPSA) is 12.0 Å². The average molecular weight is 391 g/mol. The van der Waals surface area contributed by atoms with Crippen molar-refractivity contribution in [3.05, 3.63) is 102 Å². The summed E-state index contributed by atoms with van der Waals surface area (Å²) in [5.41, 5.74) is 4.12. The fourth-order valence-corrected chi connectivity index (χ4v) is 4.74. The van der Waals surface area contributed by atoms with Crippen LogP contribution in [0.1, 0.15) is 35.1 Å². The van der Waals surface area contributed by atoms with Crippen molar-refractivity contribution in [1.82, 2.24) is 0 Å². The maximum atomic E-state index is 13.6. The number of alkyl halides is 3. The van der Waals surface area contributed by atoms with E-state index in [2.05, 4.69) is 35.7 Å². The summed E-state index contributed by atoms with van der Waals surface area (Å²) in [7, 11) is 0. The number of hydrogen-bond donors (Lipinski definition) is 1. The van der Waals surface area contributed by atoms with Crippen molar-refractivity contribution in [3.8, 4) is 11.1 Å². The molecule has 1 heterocycles. The van der Waals surface area contributed by atoms with Crippen molar-refractivity contribution in [2.45, 2.75) is 24.6 Å². The first-order chi connectivity index (χ1) is 14.0. The Kier molecular flexibility index (Phi) is 4.23. The van der Waals surface area contributed by atoms with E-state index in [0.29, 0.717) is 5.56 Å². The number of rotatable bonds is 2. The Labute approximate surface area is 167 Å². The molecule has 1 N–H and O–H groups in total. The lowest BCUT2D eigenvalue weighted by Gasteiger charge is -2.38. The minimum atomic E-state index is -4.36. The molecule has 1 aliphatic carbocycles. The molecule has 0 saturated heterocycles. The zero-order valence-electron chi connectivity index (χ0n) is 15.7. The van der Waals surface area contributed by atoms with Crippen molar-refractivity contribution < 1.29 is 13.2 Å². The number of nitrogens with one attached hydrogen (secondary N) is 1. The summed E-state index contributed by atoms with van der Waals surface area (Å²) in [5.74, 6) is 0.179. The lowest BCUT2D eigenvalue weighted by molar-refractivity contribution is -0.138. The number of anilines is 1. The maximum Gasteiger partial charge on any atom is 0.416 e. The van der Waals surface area contributed by atoms with E-state index in [1.165, 1.54) is 12.1 Å². The summed E-state index contributed by atoms with van der Waals surface area (Å²) in [6.45, 7) is 0. The zero-order chi connectivity index (χ0) is 20.0. The highest BCUT2D eigenvalue weighted by Crippen LogP contribution is 2.52. The highest BCUT2D eigenvalue weighted by molar-refractivity contribution is 5.71. The van der Waals surface area contributed by atoms with E-state index >= 15 is 0 Å². The van der Waals surface area contributed by atoms with Gasteiger partial charge < -0.3 is 5.32 Å². The van der Waals surface area contributed by atoms with Gasteiger partial charge in [0.25, 0.3) is 0 Å². The molecule has 29 heavy (non-hydrogen) atoms. The molecule has 146 valence electrons. The van der Waals surface area contributed by atoms with Gasteiger partial charge in [0.05, 0.1) is 11.6 Å². The summed E-state index contributed by atoms with van der Waals surface area (Å²) in [4.78, 5) is 0. The van der Waals surface area contributed by atoms with Gasteiger partial charge in [-0.2, -0.15) is 13.2 Å². The van der Waals surface area contributed by atoms with E-state index in [9.17, 15) is 13.2 Å². The minimum absolute atomic E-state index is 0.0667. The van der Waals surface area contributed by atoms with Crippen LogP contribution in [0.5, 0.6) is 0 Å². The summed E-state index contributed by atoms with van der Waals surface area (Å²) in [6, 6.07) is 21.9. The monoisotopic (exact) mass is 391 g/mol. The third kappa shape index (κ3) is 3.13. The van der Waals surface area contributed by atoms with Crippen molar-refractivity contribution in [3.63, 3.8) is 0 Å². The Bertz CT molecular complexity index is 1070. The normalized spacial score (nSPS) is 22.7. The summed E-state index contributed by atoms with van der Waals surface area (Å²) >= 11 is 0. The molecule has 1 nitrogen and oxygen atoms in total. The molecule has 3 aromatic carbocycles. The van der Waals surface area contributed by atoms with Crippen LogP contribution in [0.4, 0.5) is 18.9 Å². The first-order valence-corrected chi connectivity index (χ1v) is 9.81. The average Bonchev–Trinajstić information content (AvgIpc) is 3.23. The molecule has 2 aliphatic rings. The highest BCUT2D eigenvalue weighted by Gasteiger charge is 2.42. The van der Waals surface area contributed by atoms with Gasteiger partial charge in [-0.15, -0.1) is 0 Å². The molecule has 0 aromatic heterocycles. The molecule has 0 saturated carbocycles. The molecule has 4 heteroatoms. The molecule has 0 amide bonds. The van der Waals surface area contributed by atoms with Gasteiger partial charge in [-0.05, 0) is 52.8 Å². The second-order valence-electron chi connectivity index (χ2n) is 7.73. The molecule has 0 spiro atoms. The molecule has 1 aliphatic heterocycles. The van der Waals surface area contributed by atoms with Crippen LogP contribution < -0.4 is 5.32 Å². The van der Waals surface area contributed by atoms with Crippen LogP contribution in [0.3, 0.4) is 0 Å². The Morgan fingerprint density at radius 2 is 1.55 bits per heavy atom. The van der Waals surface area contributed by atoms with Gasteiger partial charge >= 0.3 is 6.18 Å². The van der Waals surface area contributed by atoms with Gasteiger partial charge in [0.2, 0.25) is 0 Å². The molecule has 5 rings (SSSR count). The summed E-state index contributed by atoms with van der Waals surface area (Å²) in [6.07, 6.45) is 0.660. The van der Waals surface area contributed by atoms with Crippen molar-refractivity contribution in [1.29, 1.82) is 0 Å². The minimum Gasteiger partial charge on any atom is -0.378 e. The van der Waals surface area contributed by atoms with E-state index < -0.39 is 11.7 Å². The van der Waals surface area contributed by atoms with Gasteiger partial charge in [-0.1, -0.05) is 66.7 Å². The Morgan fingerprint density at radius 1 is 0.793 bits per heavy atom. The molecule has 3 aromatic rings. The predicted molar refractivity (Wildman–Crippen MR) is 110 cm³/mol. The van der Waals surface area contributed by atoms with E-state index in [4.69, 9.17) is 0 Å². The SMILES string of the molecule is FC(F)(F)c1ccccc1[C@@H]1Nc2ccc(-c3ccccc3)cc2[C@H]2C=CC[C@H]21. The second kappa shape index (κ2) is 6.80. The quantitative estimate of drug-likeness (QED) is 0.456. The van der Waals surface area contributed by atoms with Crippen molar-refractivity contribution in [2.75, 3.05) is 5.32 Å². The largest absolute Gasteiger partial charge is 0.416 e.